The van der Waals surface area contributed by atoms with Crippen LogP contribution in [-0.2, 0) is 0 Å². The molecule has 2 saturated heterocycles. The number of anilines is 2. The van der Waals surface area contributed by atoms with Crippen molar-refractivity contribution in [2.75, 3.05) is 69.2 Å². The van der Waals surface area contributed by atoms with Crippen LogP contribution >= 0.6 is 0 Å². The van der Waals surface area contributed by atoms with E-state index >= 15 is 0 Å². The highest BCUT2D eigenvalue weighted by atomic mass is 15.3. The zero-order valence-corrected chi connectivity index (χ0v) is 17.4. The molecular weight excluding hydrogens is 348 g/mol. The average molecular weight is 381 g/mol. The number of aromatic nitrogens is 2. The molecule has 2 aliphatic rings. The third kappa shape index (κ3) is 4.28. The van der Waals surface area contributed by atoms with Gasteiger partial charge in [-0.05, 0) is 26.5 Å². The standard InChI is InChI=1S/C22H32N6/c1-18(20-7-5-4-6-8-20)26-13-15-28(16-14-26)22-17-21(23-19(2)24-22)27-11-9-25(3)10-12-27/h4-8,17-18H,9-16H2,1-3H3. The van der Waals surface area contributed by atoms with Crippen LogP contribution in [0.3, 0.4) is 0 Å². The van der Waals surface area contributed by atoms with Crippen molar-refractivity contribution >= 4 is 11.6 Å². The first-order chi connectivity index (χ1) is 13.6. The van der Waals surface area contributed by atoms with Crippen molar-refractivity contribution in [3.8, 4) is 0 Å². The molecule has 0 N–H and O–H groups in total. The molecule has 1 atom stereocenters. The summed E-state index contributed by atoms with van der Waals surface area (Å²) in [5, 5.41) is 0. The molecule has 3 heterocycles. The summed E-state index contributed by atoms with van der Waals surface area (Å²) >= 11 is 0. The van der Waals surface area contributed by atoms with Crippen LogP contribution in [-0.4, -0.2) is 79.2 Å². The smallest absolute Gasteiger partial charge is 0.134 e. The topological polar surface area (TPSA) is 38.7 Å². The maximum atomic E-state index is 4.75. The van der Waals surface area contributed by atoms with Crippen LogP contribution in [0.15, 0.2) is 36.4 Å². The minimum Gasteiger partial charge on any atom is -0.354 e. The summed E-state index contributed by atoms with van der Waals surface area (Å²) in [5.74, 6) is 3.02. The second-order valence-corrected chi connectivity index (χ2v) is 8.03. The van der Waals surface area contributed by atoms with Crippen molar-refractivity contribution in [1.82, 2.24) is 19.8 Å². The summed E-state index contributed by atoms with van der Waals surface area (Å²) in [6, 6.07) is 13.5. The first-order valence-corrected chi connectivity index (χ1v) is 10.4. The second-order valence-electron chi connectivity index (χ2n) is 8.03. The van der Waals surface area contributed by atoms with Crippen LogP contribution in [0.4, 0.5) is 11.6 Å². The average Bonchev–Trinajstić information content (AvgIpc) is 2.74. The lowest BCUT2D eigenvalue weighted by atomic mass is 10.1. The Morgan fingerprint density at radius 1 is 0.786 bits per heavy atom. The molecule has 6 nitrogen and oxygen atoms in total. The van der Waals surface area contributed by atoms with Crippen molar-refractivity contribution in [3.05, 3.63) is 47.8 Å². The minimum atomic E-state index is 0.455. The molecule has 6 heteroatoms. The minimum absolute atomic E-state index is 0.455. The summed E-state index contributed by atoms with van der Waals surface area (Å²) in [7, 11) is 2.18. The highest BCUT2D eigenvalue weighted by molar-refractivity contribution is 5.51. The van der Waals surface area contributed by atoms with Crippen molar-refractivity contribution in [1.29, 1.82) is 0 Å². The lowest BCUT2D eigenvalue weighted by Crippen LogP contribution is -2.48. The number of aryl methyl sites for hydroxylation is 1. The summed E-state index contributed by atoms with van der Waals surface area (Å²) in [6.07, 6.45) is 0. The molecule has 0 aliphatic carbocycles. The predicted molar refractivity (Wildman–Crippen MR) is 115 cm³/mol. The zero-order valence-electron chi connectivity index (χ0n) is 17.4. The maximum Gasteiger partial charge on any atom is 0.134 e. The molecule has 2 aliphatic heterocycles. The first kappa shape index (κ1) is 19.2. The molecule has 0 radical (unpaired) electrons. The molecule has 2 aromatic rings. The fraction of sp³-hybridized carbons (Fsp3) is 0.545. The van der Waals surface area contributed by atoms with Crippen molar-refractivity contribution in [2.24, 2.45) is 0 Å². The fourth-order valence-corrected chi connectivity index (χ4v) is 4.18. The van der Waals surface area contributed by atoms with E-state index in [0.29, 0.717) is 6.04 Å². The van der Waals surface area contributed by atoms with Crippen molar-refractivity contribution < 1.29 is 0 Å². The second kappa shape index (κ2) is 8.45. The van der Waals surface area contributed by atoms with E-state index in [1.165, 1.54) is 5.56 Å². The molecule has 150 valence electrons. The Morgan fingerprint density at radius 3 is 1.89 bits per heavy atom. The molecule has 4 rings (SSSR count). The Labute approximate surface area is 168 Å². The van der Waals surface area contributed by atoms with Gasteiger partial charge in [-0.15, -0.1) is 0 Å². The van der Waals surface area contributed by atoms with E-state index < -0.39 is 0 Å². The van der Waals surface area contributed by atoms with Crippen molar-refractivity contribution in [3.63, 3.8) is 0 Å². The van der Waals surface area contributed by atoms with Gasteiger partial charge in [-0.1, -0.05) is 30.3 Å². The van der Waals surface area contributed by atoms with Gasteiger partial charge < -0.3 is 14.7 Å². The van der Waals surface area contributed by atoms with E-state index in [1.807, 2.05) is 6.92 Å². The van der Waals surface area contributed by atoms with E-state index in [0.717, 1.165) is 69.8 Å². The Morgan fingerprint density at radius 2 is 1.32 bits per heavy atom. The Bertz CT molecular complexity index is 764. The van der Waals surface area contributed by atoms with Gasteiger partial charge >= 0.3 is 0 Å². The van der Waals surface area contributed by atoms with Gasteiger partial charge in [0.25, 0.3) is 0 Å². The normalized spacial score (nSPS) is 20.4. The first-order valence-electron chi connectivity index (χ1n) is 10.4. The van der Waals surface area contributed by atoms with E-state index in [4.69, 9.17) is 9.97 Å². The SMILES string of the molecule is Cc1nc(N2CCN(C)CC2)cc(N2CCN(C(C)c3ccccc3)CC2)n1. The fourth-order valence-electron chi connectivity index (χ4n) is 4.18. The van der Waals surface area contributed by atoms with Gasteiger partial charge in [-0.25, -0.2) is 9.97 Å². The third-order valence-electron chi connectivity index (χ3n) is 6.11. The van der Waals surface area contributed by atoms with E-state index in [-0.39, 0.29) is 0 Å². The lowest BCUT2D eigenvalue weighted by molar-refractivity contribution is 0.198. The molecule has 1 unspecified atom stereocenters. The number of piperazine rings is 2. The van der Waals surface area contributed by atoms with E-state index in [1.54, 1.807) is 0 Å². The predicted octanol–water partition coefficient (Wildman–Crippen LogP) is 2.42. The van der Waals surface area contributed by atoms with Crippen LogP contribution in [0.5, 0.6) is 0 Å². The monoisotopic (exact) mass is 380 g/mol. The molecule has 0 bridgehead atoms. The van der Waals surface area contributed by atoms with Crippen molar-refractivity contribution in [2.45, 2.75) is 19.9 Å². The molecule has 28 heavy (non-hydrogen) atoms. The summed E-state index contributed by atoms with van der Waals surface area (Å²) in [6.45, 7) is 12.7. The molecule has 1 aromatic heterocycles. The molecule has 2 fully saturated rings. The Kier molecular flexibility index (Phi) is 5.78. The number of hydrogen-bond donors (Lipinski definition) is 0. The number of hydrogen-bond acceptors (Lipinski definition) is 6. The van der Waals surface area contributed by atoms with Gasteiger partial charge in [-0.3, -0.25) is 4.90 Å². The Balaban J connectivity index is 1.42. The van der Waals surface area contributed by atoms with Gasteiger partial charge in [0, 0.05) is 64.5 Å². The summed E-state index contributed by atoms with van der Waals surface area (Å²) in [4.78, 5) is 19.2. The third-order valence-corrected chi connectivity index (χ3v) is 6.11. The number of benzene rings is 1. The van der Waals surface area contributed by atoms with Gasteiger partial charge in [0.2, 0.25) is 0 Å². The number of rotatable bonds is 4. The van der Waals surface area contributed by atoms with Gasteiger partial charge in [0.15, 0.2) is 0 Å². The van der Waals surface area contributed by atoms with Crippen LogP contribution in [0.25, 0.3) is 0 Å². The van der Waals surface area contributed by atoms with Crippen LogP contribution in [0.2, 0.25) is 0 Å². The summed E-state index contributed by atoms with van der Waals surface area (Å²) < 4.78 is 0. The van der Waals surface area contributed by atoms with Crippen LogP contribution in [0.1, 0.15) is 24.4 Å². The molecule has 1 aromatic carbocycles. The molecule has 0 spiro atoms. The van der Waals surface area contributed by atoms with Gasteiger partial charge in [0.1, 0.15) is 17.5 Å². The molecule has 0 saturated carbocycles. The van der Waals surface area contributed by atoms with E-state index in [9.17, 15) is 0 Å². The number of nitrogens with zero attached hydrogens (tertiary/aromatic N) is 6. The quantitative estimate of drug-likeness (QED) is 0.811. The lowest BCUT2D eigenvalue weighted by Gasteiger charge is -2.39. The highest BCUT2D eigenvalue weighted by Gasteiger charge is 2.24. The van der Waals surface area contributed by atoms with E-state index in [2.05, 4.69) is 70.0 Å². The zero-order chi connectivity index (χ0) is 19.5. The van der Waals surface area contributed by atoms with Gasteiger partial charge in [0.05, 0.1) is 0 Å². The maximum absolute atomic E-state index is 4.75. The van der Waals surface area contributed by atoms with Gasteiger partial charge in [-0.2, -0.15) is 0 Å². The van der Waals surface area contributed by atoms with Crippen LogP contribution in [0, 0.1) is 6.92 Å². The number of likely N-dealkylation sites (N-methyl/N-ethyl adjacent to an activating group) is 1. The molecule has 0 amide bonds. The Hall–Kier alpha value is -2.18. The largest absolute Gasteiger partial charge is 0.354 e. The highest BCUT2D eigenvalue weighted by Crippen LogP contribution is 2.25. The summed E-state index contributed by atoms with van der Waals surface area (Å²) in [5.41, 5.74) is 1.39. The molecular formula is C22H32N6. The van der Waals surface area contributed by atoms with Crippen LogP contribution < -0.4 is 9.80 Å².